The van der Waals surface area contributed by atoms with Crippen LogP contribution in [0.5, 0.6) is 0 Å². The van der Waals surface area contributed by atoms with E-state index in [2.05, 4.69) is 46.3 Å². The number of hydrogen-bond acceptors (Lipinski definition) is 4. The van der Waals surface area contributed by atoms with Crippen LogP contribution in [0.25, 0.3) is 0 Å². The molecule has 2 saturated carbocycles. The van der Waals surface area contributed by atoms with Crippen molar-refractivity contribution in [3.63, 3.8) is 0 Å². The van der Waals surface area contributed by atoms with Crippen molar-refractivity contribution in [2.45, 2.75) is 105 Å². The number of nitrogens with zero attached hydrogens (tertiary/aromatic N) is 3. The number of carbonyl (C=O) groups is 1. The lowest BCUT2D eigenvalue weighted by atomic mass is 9.86. The van der Waals surface area contributed by atoms with Gasteiger partial charge in [0.25, 0.3) is 5.91 Å². The summed E-state index contributed by atoms with van der Waals surface area (Å²) in [7, 11) is 1.67. The van der Waals surface area contributed by atoms with Gasteiger partial charge in [0.05, 0.1) is 12.1 Å². The highest BCUT2D eigenvalue weighted by atomic mass is 16.2. The summed E-state index contributed by atoms with van der Waals surface area (Å²) in [5.41, 5.74) is 2.71. The van der Waals surface area contributed by atoms with Gasteiger partial charge in [-0.2, -0.15) is 0 Å². The minimum absolute atomic E-state index is 0.0371. The highest BCUT2D eigenvalue weighted by Crippen LogP contribution is 2.39. The van der Waals surface area contributed by atoms with Crippen LogP contribution in [0, 0.1) is 11.8 Å². The third-order valence-electron chi connectivity index (χ3n) is 8.33. The molecular weight excluding hydrogens is 578 g/mol. The molecule has 3 aliphatic rings. The predicted octanol–water partition coefficient (Wildman–Crippen LogP) is 9.44. The number of nitrogens with one attached hydrogen (secondary N) is 2. The van der Waals surface area contributed by atoms with Crippen LogP contribution in [-0.4, -0.2) is 55.6 Å². The van der Waals surface area contributed by atoms with Crippen LogP contribution >= 0.6 is 0 Å². The topological polar surface area (TPSA) is 69.1 Å². The molecule has 1 heterocycles. The molecule has 1 aromatic rings. The molecule has 47 heavy (non-hydrogen) atoms. The molecule has 0 aromatic heterocycles. The Kier molecular flexibility index (Phi) is 24.4. The molecule has 0 bridgehead atoms. The lowest BCUT2D eigenvalue weighted by molar-refractivity contribution is -0.130. The fourth-order valence-corrected chi connectivity index (χ4v) is 5.47. The van der Waals surface area contributed by atoms with E-state index >= 15 is 0 Å². The molecule has 1 amide bonds. The van der Waals surface area contributed by atoms with Gasteiger partial charge in [-0.05, 0) is 64.9 Å². The van der Waals surface area contributed by atoms with E-state index in [1.165, 1.54) is 31.5 Å². The maximum atomic E-state index is 12.6. The zero-order valence-electron chi connectivity index (χ0n) is 30.5. The minimum Gasteiger partial charge on any atom is -0.343 e. The molecule has 1 aliphatic heterocycles. The van der Waals surface area contributed by atoms with Gasteiger partial charge in [-0.1, -0.05) is 119 Å². The highest BCUT2D eigenvalue weighted by molar-refractivity contribution is 6.08. The van der Waals surface area contributed by atoms with E-state index in [1.54, 1.807) is 45.2 Å². The lowest BCUT2D eigenvalue weighted by Gasteiger charge is -2.36. The Morgan fingerprint density at radius 1 is 0.979 bits per heavy atom. The molecule has 2 N–H and O–H groups in total. The Morgan fingerprint density at radius 2 is 1.66 bits per heavy atom. The average molecular weight is 644 g/mol. The molecule has 0 unspecified atom stereocenters. The van der Waals surface area contributed by atoms with E-state index in [4.69, 9.17) is 0 Å². The summed E-state index contributed by atoms with van der Waals surface area (Å²) in [6.45, 7) is 16.2. The molecule has 6 nitrogen and oxygen atoms in total. The zero-order chi connectivity index (χ0) is 34.5. The normalized spacial score (nSPS) is 19.1. The van der Waals surface area contributed by atoms with Crippen LogP contribution in [0.1, 0.15) is 104 Å². The summed E-state index contributed by atoms with van der Waals surface area (Å²) < 4.78 is 0. The van der Waals surface area contributed by atoms with Crippen LogP contribution in [0.2, 0.25) is 0 Å². The Hall–Kier alpha value is -3.51. The first kappa shape index (κ1) is 41.5. The number of amides is 1. The van der Waals surface area contributed by atoms with Crippen molar-refractivity contribution in [2.75, 3.05) is 26.7 Å². The van der Waals surface area contributed by atoms with E-state index in [9.17, 15) is 4.79 Å². The molecule has 1 aromatic carbocycles. The SMILES string of the molecule is C/C=C\C.C1CCC(CC2CC2)CC1.C=CC/C=C(/NC=NC)C(=O)N1CCNC[C@H]1CC.C\C=C/N=C(\C=C/C)c1ccccc1. The molecule has 0 radical (unpaired) electrons. The largest absolute Gasteiger partial charge is 0.343 e. The second-order valence-corrected chi connectivity index (χ2v) is 12.2. The number of rotatable bonds is 11. The standard InChI is InChI=1S/C14H24N4O.C13H15N.C10H18.C4H8/c1-4-6-7-13(17-11-15-3)14(19)18-9-8-16-10-12(18)5-2;1-3-8-13(14-11-4-2)12-9-6-5-7-10-12;1-2-4-9(5-3-1)8-10-6-7-10;1-3-4-2/h4,7,11-12,16H,1,5-6,8-10H2,2-3H3,(H,15,17);3-11H,1-2H3;9-10H,1-8H2;3-4H,1-2H3/b13-7+;8-3-,11-4-,14-13+;;4-3-/t12-;;;/m1.../s1. The molecule has 2 aliphatic carbocycles. The number of hydrogen-bond donors (Lipinski definition) is 2. The van der Waals surface area contributed by atoms with E-state index in [0.29, 0.717) is 12.1 Å². The van der Waals surface area contributed by atoms with E-state index < -0.39 is 0 Å². The van der Waals surface area contributed by atoms with Gasteiger partial charge in [0, 0.05) is 44.5 Å². The summed E-state index contributed by atoms with van der Waals surface area (Å²) in [5.74, 6) is 2.35. The molecule has 6 heteroatoms. The first-order valence-corrected chi connectivity index (χ1v) is 17.9. The van der Waals surface area contributed by atoms with Crippen molar-refractivity contribution in [3.05, 3.63) is 96.9 Å². The highest BCUT2D eigenvalue weighted by Gasteiger charge is 2.27. The van der Waals surface area contributed by atoms with Crippen molar-refractivity contribution in [1.82, 2.24) is 15.5 Å². The number of aliphatic imine (C=N–C) groups is 2. The van der Waals surface area contributed by atoms with Gasteiger partial charge in [0.15, 0.2) is 0 Å². The van der Waals surface area contributed by atoms with E-state index in [1.807, 2.05) is 93.5 Å². The van der Waals surface area contributed by atoms with Crippen molar-refractivity contribution in [3.8, 4) is 0 Å². The van der Waals surface area contributed by atoms with E-state index in [-0.39, 0.29) is 11.9 Å². The summed E-state index contributed by atoms with van der Waals surface area (Å²) in [6.07, 6.45) is 30.9. The maximum absolute atomic E-state index is 12.6. The van der Waals surface area contributed by atoms with Crippen molar-refractivity contribution in [2.24, 2.45) is 21.8 Å². The third-order valence-corrected chi connectivity index (χ3v) is 8.33. The van der Waals surface area contributed by atoms with E-state index in [0.717, 1.165) is 43.2 Å². The molecule has 3 fully saturated rings. The van der Waals surface area contributed by atoms with Crippen LogP contribution in [0.4, 0.5) is 0 Å². The first-order chi connectivity index (χ1) is 23.0. The molecule has 0 spiro atoms. The van der Waals surface area contributed by atoms with Crippen LogP contribution < -0.4 is 10.6 Å². The second-order valence-electron chi connectivity index (χ2n) is 12.2. The molecule has 1 atom stereocenters. The van der Waals surface area contributed by atoms with Gasteiger partial charge >= 0.3 is 0 Å². The van der Waals surface area contributed by atoms with Crippen molar-refractivity contribution in [1.29, 1.82) is 0 Å². The zero-order valence-corrected chi connectivity index (χ0v) is 30.5. The monoisotopic (exact) mass is 644 g/mol. The second kappa shape index (κ2) is 27.6. The summed E-state index contributed by atoms with van der Waals surface area (Å²) in [6, 6.07) is 10.4. The molecule has 1 saturated heterocycles. The van der Waals surface area contributed by atoms with Gasteiger partial charge < -0.3 is 15.5 Å². The Morgan fingerprint density at radius 3 is 2.21 bits per heavy atom. The summed E-state index contributed by atoms with van der Waals surface area (Å²) in [4.78, 5) is 22.7. The Bertz CT molecular complexity index is 1130. The van der Waals surface area contributed by atoms with Gasteiger partial charge in [-0.25, -0.2) is 0 Å². The third kappa shape index (κ3) is 19.0. The van der Waals surface area contributed by atoms with Crippen LogP contribution in [0.15, 0.2) is 101 Å². The number of piperazine rings is 1. The quantitative estimate of drug-likeness (QED) is 0.109. The summed E-state index contributed by atoms with van der Waals surface area (Å²) >= 11 is 0. The maximum Gasteiger partial charge on any atom is 0.270 e. The van der Waals surface area contributed by atoms with Gasteiger partial charge in [0.1, 0.15) is 5.70 Å². The lowest BCUT2D eigenvalue weighted by Crippen LogP contribution is -2.54. The smallest absolute Gasteiger partial charge is 0.270 e. The van der Waals surface area contributed by atoms with Gasteiger partial charge in [-0.15, -0.1) is 6.58 Å². The fraction of sp³-hybridized carbons (Fsp3) is 0.537. The predicted molar refractivity (Wildman–Crippen MR) is 206 cm³/mol. The van der Waals surface area contributed by atoms with Crippen molar-refractivity contribution < 1.29 is 4.79 Å². The number of carbonyl (C=O) groups excluding carboxylic acids is 1. The summed E-state index contributed by atoms with van der Waals surface area (Å²) in [5, 5.41) is 6.28. The fourth-order valence-electron chi connectivity index (χ4n) is 5.47. The van der Waals surface area contributed by atoms with Gasteiger partial charge in [-0.3, -0.25) is 14.8 Å². The average Bonchev–Trinajstić information content (AvgIpc) is 3.95. The molecule has 260 valence electrons. The Balaban J connectivity index is 0.000000345. The molecule has 4 rings (SSSR count). The van der Waals surface area contributed by atoms with Gasteiger partial charge in [0.2, 0.25) is 0 Å². The number of allylic oxidation sites excluding steroid dienone is 7. The first-order valence-electron chi connectivity index (χ1n) is 17.9. The molecular formula is C41H65N5O. The minimum atomic E-state index is 0.0371. The number of benzene rings is 1. The van der Waals surface area contributed by atoms with Crippen molar-refractivity contribution >= 4 is 18.0 Å². The Labute approximate surface area is 288 Å². The van der Waals surface area contributed by atoms with Crippen LogP contribution in [-0.2, 0) is 4.79 Å². The van der Waals surface area contributed by atoms with Crippen LogP contribution in [0.3, 0.4) is 0 Å².